The highest BCUT2D eigenvalue weighted by atomic mass is 16.5. The monoisotopic (exact) mass is 445 g/mol. The predicted molar refractivity (Wildman–Crippen MR) is 133 cm³/mol. The summed E-state index contributed by atoms with van der Waals surface area (Å²) in [4.78, 5) is 18.6. The first kappa shape index (κ1) is 22.0. The number of aromatic nitrogens is 1. The fraction of sp³-hybridized carbons (Fsp3) is 0.464. The molecule has 0 unspecified atom stereocenters. The largest absolute Gasteiger partial charge is 0.487 e. The molecule has 2 aliphatic rings. The third kappa shape index (κ3) is 4.51. The molecule has 0 spiro atoms. The number of H-pyrrole nitrogens is 1. The predicted octanol–water partition coefficient (Wildman–Crippen LogP) is 5.14. The number of carbonyl (C=O) groups excluding carboxylic acids is 1. The van der Waals surface area contributed by atoms with E-state index >= 15 is 0 Å². The normalized spacial score (nSPS) is 18.3. The number of likely N-dealkylation sites (tertiary alicyclic amines) is 1. The number of benzene rings is 2. The Balaban J connectivity index is 1.14. The first-order valence-electron chi connectivity index (χ1n) is 12.2. The van der Waals surface area contributed by atoms with Gasteiger partial charge in [-0.15, -0.1) is 0 Å². The fourth-order valence-corrected chi connectivity index (χ4v) is 5.35. The molecule has 2 aromatic carbocycles. The molecule has 1 aromatic heterocycles. The van der Waals surface area contributed by atoms with E-state index < -0.39 is 0 Å². The van der Waals surface area contributed by atoms with Crippen molar-refractivity contribution < 1.29 is 9.53 Å². The molecule has 1 fully saturated rings. The number of aryl methyl sites for hydroxylation is 2. The van der Waals surface area contributed by atoms with Crippen LogP contribution in [0.4, 0.5) is 0 Å². The smallest absolute Gasteiger partial charge is 0.267 e. The lowest BCUT2D eigenvalue weighted by Crippen LogP contribution is -2.38. The van der Waals surface area contributed by atoms with Gasteiger partial charge in [-0.2, -0.15) is 0 Å². The Morgan fingerprint density at radius 3 is 2.67 bits per heavy atom. The highest BCUT2D eigenvalue weighted by Gasteiger charge is 2.32. The maximum Gasteiger partial charge on any atom is 0.267 e. The number of aromatic amines is 1. The van der Waals surface area contributed by atoms with Gasteiger partial charge >= 0.3 is 0 Å². The second kappa shape index (κ2) is 8.53. The quantitative estimate of drug-likeness (QED) is 0.572. The third-order valence-corrected chi connectivity index (χ3v) is 7.29. The molecule has 0 aliphatic carbocycles. The summed E-state index contributed by atoms with van der Waals surface area (Å²) in [6, 6.07) is 12.7. The zero-order chi connectivity index (χ0) is 23.2. The minimum absolute atomic E-state index is 0.00737. The summed E-state index contributed by atoms with van der Waals surface area (Å²) in [6.45, 7) is 12.3. The standard InChI is InChI=1S/C28H35N3O2/c1-18-8-9-19(2)25-23(18)14-24(30-25)27(32)29-16-20-10-12-31(13-11-20)17-22-7-5-6-21-15-28(3,4)33-26(21)22/h5-9,14,20,30H,10-13,15-17H2,1-4H3,(H,29,32). The van der Waals surface area contributed by atoms with Crippen molar-refractivity contribution in [1.82, 2.24) is 15.2 Å². The Morgan fingerprint density at radius 2 is 1.91 bits per heavy atom. The van der Waals surface area contributed by atoms with E-state index in [1.54, 1.807) is 0 Å². The zero-order valence-electron chi connectivity index (χ0n) is 20.3. The zero-order valence-corrected chi connectivity index (χ0v) is 20.3. The van der Waals surface area contributed by atoms with Gasteiger partial charge in [0.25, 0.3) is 5.91 Å². The maximum absolute atomic E-state index is 12.8. The summed E-state index contributed by atoms with van der Waals surface area (Å²) in [5.74, 6) is 1.61. The van der Waals surface area contributed by atoms with E-state index in [4.69, 9.17) is 4.74 Å². The first-order chi connectivity index (χ1) is 15.8. The van der Waals surface area contributed by atoms with Crippen molar-refractivity contribution in [3.05, 3.63) is 64.3 Å². The number of carbonyl (C=O) groups is 1. The lowest BCUT2D eigenvalue weighted by atomic mass is 9.96. The van der Waals surface area contributed by atoms with Crippen LogP contribution in [0.2, 0.25) is 0 Å². The molecular weight excluding hydrogens is 410 g/mol. The molecule has 5 heteroatoms. The molecule has 3 aromatic rings. The number of para-hydroxylation sites is 1. The van der Waals surface area contributed by atoms with Crippen molar-refractivity contribution >= 4 is 16.8 Å². The number of hydrogen-bond donors (Lipinski definition) is 2. The molecule has 1 amide bonds. The summed E-state index contributed by atoms with van der Waals surface area (Å²) in [5, 5.41) is 4.30. The topological polar surface area (TPSA) is 57.4 Å². The molecule has 3 heterocycles. The van der Waals surface area contributed by atoms with Gasteiger partial charge in [-0.1, -0.05) is 30.3 Å². The van der Waals surface area contributed by atoms with Gasteiger partial charge in [-0.25, -0.2) is 0 Å². The van der Waals surface area contributed by atoms with Crippen LogP contribution in [0.5, 0.6) is 5.75 Å². The van der Waals surface area contributed by atoms with Crippen molar-refractivity contribution in [2.75, 3.05) is 19.6 Å². The Labute approximate surface area is 196 Å². The van der Waals surface area contributed by atoms with Crippen molar-refractivity contribution in [3.8, 4) is 5.75 Å². The highest BCUT2D eigenvalue weighted by Crippen LogP contribution is 2.38. The van der Waals surface area contributed by atoms with Crippen LogP contribution < -0.4 is 10.1 Å². The lowest BCUT2D eigenvalue weighted by Gasteiger charge is -2.32. The Kier molecular flexibility index (Phi) is 5.69. The van der Waals surface area contributed by atoms with Crippen LogP contribution in [-0.2, 0) is 13.0 Å². The first-order valence-corrected chi connectivity index (χ1v) is 12.2. The number of nitrogens with zero attached hydrogens (tertiary/aromatic N) is 1. The molecule has 0 saturated carbocycles. The molecule has 0 atom stereocenters. The summed E-state index contributed by atoms with van der Waals surface area (Å²) < 4.78 is 6.25. The number of piperidine rings is 1. The average Bonchev–Trinajstić information content (AvgIpc) is 3.37. The summed E-state index contributed by atoms with van der Waals surface area (Å²) in [6.07, 6.45) is 3.19. The van der Waals surface area contributed by atoms with Crippen molar-refractivity contribution in [2.24, 2.45) is 5.92 Å². The third-order valence-electron chi connectivity index (χ3n) is 7.29. The molecule has 33 heavy (non-hydrogen) atoms. The van der Waals surface area contributed by atoms with Crippen LogP contribution in [0.15, 0.2) is 36.4 Å². The van der Waals surface area contributed by atoms with E-state index in [1.807, 2.05) is 6.07 Å². The van der Waals surface area contributed by atoms with Crippen LogP contribution in [-0.4, -0.2) is 41.0 Å². The highest BCUT2D eigenvalue weighted by molar-refractivity contribution is 5.99. The average molecular weight is 446 g/mol. The Hall–Kier alpha value is -2.79. The molecule has 2 aliphatic heterocycles. The van der Waals surface area contributed by atoms with E-state index in [9.17, 15) is 4.79 Å². The van der Waals surface area contributed by atoms with Gasteiger partial charge in [0.15, 0.2) is 0 Å². The minimum Gasteiger partial charge on any atom is -0.487 e. The lowest BCUT2D eigenvalue weighted by molar-refractivity contribution is 0.0930. The van der Waals surface area contributed by atoms with Crippen LogP contribution in [0.3, 0.4) is 0 Å². The summed E-state index contributed by atoms with van der Waals surface area (Å²) in [5.41, 5.74) is 6.60. The van der Waals surface area contributed by atoms with E-state index in [1.165, 1.54) is 22.3 Å². The van der Waals surface area contributed by atoms with Gasteiger partial charge in [0.1, 0.15) is 17.0 Å². The molecule has 2 N–H and O–H groups in total. The van der Waals surface area contributed by atoms with E-state index in [0.717, 1.165) is 62.1 Å². The SMILES string of the molecule is Cc1ccc(C)c2[nH]c(C(=O)NCC3CCN(Cc4cccc5c4OC(C)(C)C5)CC3)cc12. The molecule has 5 rings (SSSR count). The molecule has 0 bridgehead atoms. The number of amides is 1. The second-order valence-electron chi connectivity index (χ2n) is 10.5. The van der Waals surface area contributed by atoms with E-state index in [-0.39, 0.29) is 11.5 Å². The number of ether oxygens (including phenoxy) is 1. The van der Waals surface area contributed by atoms with E-state index in [2.05, 4.69) is 73.2 Å². The van der Waals surface area contributed by atoms with Crippen LogP contribution >= 0.6 is 0 Å². The number of fused-ring (bicyclic) bond motifs is 2. The molecular formula is C28H35N3O2. The van der Waals surface area contributed by atoms with Gasteiger partial charge in [-0.3, -0.25) is 9.69 Å². The van der Waals surface area contributed by atoms with Gasteiger partial charge in [-0.05, 0) is 82.3 Å². The van der Waals surface area contributed by atoms with Crippen molar-refractivity contribution in [3.63, 3.8) is 0 Å². The van der Waals surface area contributed by atoms with Gasteiger partial charge < -0.3 is 15.0 Å². The number of hydrogen-bond acceptors (Lipinski definition) is 3. The Bertz CT molecular complexity index is 1150. The van der Waals surface area contributed by atoms with Gasteiger partial charge in [0.2, 0.25) is 0 Å². The number of rotatable bonds is 5. The minimum atomic E-state index is -0.105. The van der Waals surface area contributed by atoms with Crippen molar-refractivity contribution in [1.29, 1.82) is 0 Å². The molecule has 1 saturated heterocycles. The van der Waals surface area contributed by atoms with Crippen molar-refractivity contribution in [2.45, 2.75) is 59.1 Å². The fourth-order valence-electron chi connectivity index (χ4n) is 5.35. The maximum atomic E-state index is 12.8. The molecule has 0 radical (unpaired) electrons. The van der Waals surface area contributed by atoms with Gasteiger partial charge in [0.05, 0.1) is 0 Å². The molecule has 174 valence electrons. The number of nitrogens with one attached hydrogen (secondary N) is 2. The van der Waals surface area contributed by atoms with Crippen LogP contribution in [0.25, 0.3) is 10.9 Å². The second-order valence-corrected chi connectivity index (χ2v) is 10.5. The van der Waals surface area contributed by atoms with Crippen LogP contribution in [0, 0.1) is 19.8 Å². The van der Waals surface area contributed by atoms with E-state index in [0.29, 0.717) is 11.6 Å². The summed E-state index contributed by atoms with van der Waals surface area (Å²) >= 11 is 0. The van der Waals surface area contributed by atoms with Gasteiger partial charge in [0, 0.05) is 36.0 Å². The molecule has 5 nitrogen and oxygen atoms in total. The van der Waals surface area contributed by atoms with Crippen LogP contribution in [0.1, 0.15) is 59.4 Å². The Morgan fingerprint density at radius 1 is 1.15 bits per heavy atom. The summed E-state index contributed by atoms with van der Waals surface area (Å²) in [7, 11) is 0.